The molecule has 5 heteroatoms. The summed E-state index contributed by atoms with van der Waals surface area (Å²) in [5.41, 5.74) is 0.849. The molecule has 2 heterocycles. The van der Waals surface area contributed by atoms with Crippen molar-refractivity contribution < 1.29 is 0 Å². The highest BCUT2D eigenvalue weighted by molar-refractivity contribution is 6.33. The third kappa shape index (κ3) is 1.52. The summed E-state index contributed by atoms with van der Waals surface area (Å²) in [6.45, 7) is 0. The number of H-pyrrole nitrogens is 1. The van der Waals surface area contributed by atoms with Gasteiger partial charge in [0, 0.05) is 12.4 Å². The minimum absolute atomic E-state index is 0.302. The van der Waals surface area contributed by atoms with Gasteiger partial charge >= 0.3 is 0 Å². The molecule has 4 nitrogen and oxygen atoms in total. The third-order valence-electron chi connectivity index (χ3n) is 1.78. The summed E-state index contributed by atoms with van der Waals surface area (Å²) in [6, 6.07) is 3.44. The summed E-state index contributed by atoms with van der Waals surface area (Å²) in [7, 11) is 0. The monoisotopic (exact) mass is 207 g/mol. The van der Waals surface area contributed by atoms with E-state index in [9.17, 15) is 4.79 Å². The van der Waals surface area contributed by atoms with Crippen LogP contribution in [0, 0.1) is 0 Å². The van der Waals surface area contributed by atoms with Crippen LogP contribution in [0.15, 0.2) is 35.5 Å². The van der Waals surface area contributed by atoms with Crippen LogP contribution in [0.1, 0.15) is 0 Å². The molecule has 0 amide bonds. The van der Waals surface area contributed by atoms with Crippen molar-refractivity contribution in [1.82, 2.24) is 15.2 Å². The number of aromatic nitrogens is 3. The molecule has 0 unspecified atom stereocenters. The van der Waals surface area contributed by atoms with Crippen LogP contribution in [0.5, 0.6) is 0 Å². The fourth-order valence-electron chi connectivity index (χ4n) is 1.16. The second-order valence-electron chi connectivity index (χ2n) is 2.66. The SMILES string of the molecule is O=c1[nH]ncc(Cl)c1-c1ccncc1. The molecule has 0 atom stereocenters. The molecule has 0 aliphatic carbocycles. The topological polar surface area (TPSA) is 58.6 Å². The van der Waals surface area contributed by atoms with Crippen LogP contribution in [-0.4, -0.2) is 15.2 Å². The van der Waals surface area contributed by atoms with Crippen molar-refractivity contribution in [1.29, 1.82) is 0 Å². The number of aromatic amines is 1. The van der Waals surface area contributed by atoms with Crippen LogP contribution >= 0.6 is 11.6 Å². The highest BCUT2D eigenvalue weighted by atomic mass is 35.5. The summed E-state index contributed by atoms with van der Waals surface area (Å²) >= 11 is 5.86. The van der Waals surface area contributed by atoms with Gasteiger partial charge in [0.1, 0.15) is 0 Å². The van der Waals surface area contributed by atoms with Crippen LogP contribution in [-0.2, 0) is 0 Å². The number of pyridine rings is 1. The number of halogens is 1. The molecule has 0 bridgehead atoms. The van der Waals surface area contributed by atoms with E-state index in [0.29, 0.717) is 10.6 Å². The van der Waals surface area contributed by atoms with E-state index in [4.69, 9.17) is 11.6 Å². The molecule has 14 heavy (non-hydrogen) atoms. The molecule has 70 valence electrons. The fourth-order valence-corrected chi connectivity index (χ4v) is 1.41. The first-order valence-electron chi connectivity index (χ1n) is 3.92. The van der Waals surface area contributed by atoms with Gasteiger partial charge in [-0.2, -0.15) is 5.10 Å². The predicted molar refractivity (Wildman–Crippen MR) is 53.1 cm³/mol. The molecule has 2 aromatic heterocycles. The van der Waals surface area contributed by atoms with Crippen LogP contribution in [0.3, 0.4) is 0 Å². The number of hydrogen-bond acceptors (Lipinski definition) is 3. The Morgan fingerprint density at radius 2 is 2.00 bits per heavy atom. The Morgan fingerprint density at radius 1 is 1.29 bits per heavy atom. The van der Waals surface area contributed by atoms with Gasteiger partial charge in [-0.1, -0.05) is 11.6 Å². The molecular formula is C9H6ClN3O. The maximum atomic E-state index is 11.4. The number of rotatable bonds is 1. The van der Waals surface area contributed by atoms with Crippen LogP contribution in [0.4, 0.5) is 0 Å². The minimum atomic E-state index is -0.302. The maximum Gasteiger partial charge on any atom is 0.273 e. The third-order valence-corrected chi connectivity index (χ3v) is 2.07. The average molecular weight is 208 g/mol. The zero-order valence-corrected chi connectivity index (χ0v) is 7.82. The van der Waals surface area contributed by atoms with Crippen LogP contribution in [0.2, 0.25) is 5.02 Å². The standard InChI is InChI=1S/C9H6ClN3O/c10-7-5-12-13-9(14)8(7)6-1-3-11-4-2-6/h1-5H,(H,13,14). The van der Waals surface area contributed by atoms with Gasteiger partial charge < -0.3 is 0 Å². The normalized spacial score (nSPS) is 10.1. The first kappa shape index (κ1) is 8.90. The summed E-state index contributed by atoms with van der Waals surface area (Å²) in [6.07, 6.45) is 4.61. The van der Waals surface area contributed by atoms with E-state index < -0.39 is 0 Å². The molecule has 1 N–H and O–H groups in total. The highest BCUT2D eigenvalue weighted by Gasteiger charge is 2.07. The first-order valence-corrected chi connectivity index (χ1v) is 4.30. The smallest absolute Gasteiger partial charge is 0.267 e. The Hall–Kier alpha value is -1.68. The van der Waals surface area contributed by atoms with Crippen molar-refractivity contribution in [2.75, 3.05) is 0 Å². The van der Waals surface area contributed by atoms with Gasteiger partial charge in [-0.25, -0.2) is 5.10 Å². The first-order chi connectivity index (χ1) is 6.79. The Labute approximate surface area is 84.6 Å². The van der Waals surface area contributed by atoms with Crippen molar-refractivity contribution in [2.24, 2.45) is 0 Å². The summed E-state index contributed by atoms with van der Waals surface area (Å²) in [4.78, 5) is 15.3. The minimum Gasteiger partial charge on any atom is -0.267 e. The Kier molecular flexibility index (Phi) is 2.28. The van der Waals surface area contributed by atoms with Crippen molar-refractivity contribution in [3.63, 3.8) is 0 Å². The molecule has 0 aliphatic rings. The lowest BCUT2D eigenvalue weighted by molar-refractivity contribution is 0.991. The predicted octanol–water partition coefficient (Wildman–Crippen LogP) is 1.49. The van der Waals surface area contributed by atoms with E-state index in [-0.39, 0.29) is 5.56 Å². The number of nitrogens with zero attached hydrogens (tertiary/aromatic N) is 2. The molecule has 0 saturated carbocycles. The van der Waals surface area contributed by atoms with Gasteiger partial charge in [0.15, 0.2) is 0 Å². The molecule has 2 rings (SSSR count). The van der Waals surface area contributed by atoms with Gasteiger partial charge in [0.25, 0.3) is 5.56 Å². The van der Waals surface area contributed by atoms with Crippen molar-refractivity contribution in [2.45, 2.75) is 0 Å². The van der Waals surface area contributed by atoms with Crippen LogP contribution < -0.4 is 5.56 Å². The highest BCUT2D eigenvalue weighted by Crippen LogP contribution is 2.21. The number of nitrogens with one attached hydrogen (secondary N) is 1. The average Bonchev–Trinajstić information content (AvgIpc) is 2.19. The zero-order chi connectivity index (χ0) is 9.97. The maximum absolute atomic E-state index is 11.4. The molecule has 0 aromatic carbocycles. The largest absolute Gasteiger partial charge is 0.273 e. The van der Waals surface area contributed by atoms with Crippen molar-refractivity contribution in [3.8, 4) is 11.1 Å². The molecule has 2 aromatic rings. The Balaban J connectivity index is 2.69. The Morgan fingerprint density at radius 3 is 2.64 bits per heavy atom. The van der Waals surface area contributed by atoms with E-state index in [1.807, 2.05) is 0 Å². The van der Waals surface area contributed by atoms with Crippen molar-refractivity contribution >= 4 is 11.6 Å². The van der Waals surface area contributed by atoms with Gasteiger partial charge in [-0.05, 0) is 17.7 Å². The van der Waals surface area contributed by atoms with E-state index in [0.717, 1.165) is 5.56 Å². The van der Waals surface area contributed by atoms with Crippen LogP contribution in [0.25, 0.3) is 11.1 Å². The van der Waals surface area contributed by atoms with Gasteiger partial charge in [0.05, 0.1) is 16.8 Å². The lowest BCUT2D eigenvalue weighted by atomic mass is 10.1. The molecule has 0 spiro atoms. The van der Waals surface area contributed by atoms with E-state index >= 15 is 0 Å². The molecule has 0 radical (unpaired) electrons. The molecular weight excluding hydrogens is 202 g/mol. The molecule has 0 saturated heterocycles. The van der Waals surface area contributed by atoms with Gasteiger partial charge in [-0.3, -0.25) is 9.78 Å². The lowest BCUT2D eigenvalue weighted by Gasteiger charge is -2.00. The quantitative estimate of drug-likeness (QED) is 0.771. The van der Waals surface area contributed by atoms with E-state index in [2.05, 4.69) is 15.2 Å². The van der Waals surface area contributed by atoms with Crippen molar-refractivity contribution in [3.05, 3.63) is 46.1 Å². The van der Waals surface area contributed by atoms with Gasteiger partial charge in [-0.15, -0.1) is 0 Å². The summed E-state index contributed by atoms with van der Waals surface area (Å²) in [5, 5.41) is 6.25. The molecule has 0 fully saturated rings. The van der Waals surface area contributed by atoms with Gasteiger partial charge in [0.2, 0.25) is 0 Å². The number of hydrogen-bond donors (Lipinski definition) is 1. The summed E-state index contributed by atoms with van der Waals surface area (Å²) < 4.78 is 0. The van der Waals surface area contributed by atoms with E-state index in [1.165, 1.54) is 6.20 Å². The second kappa shape index (κ2) is 3.59. The zero-order valence-electron chi connectivity index (χ0n) is 7.07. The van der Waals surface area contributed by atoms with E-state index in [1.54, 1.807) is 24.5 Å². The summed E-state index contributed by atoms with van der Waals surface area (Å²) in [5.74, 6) is 0. The second-order valence-corrected chi connectivity index (χ2v) is 3.07. The fraction of sp³-hybridized carbons (Fsp3) is 0. The lowest BCUT2D eigenvalue weighted by Crippen LogP contribution is -2.10. The Bertz CT molecular complexity index is 495. The molecule has 0 aliphatic heterocycles.